The summed E-state index contributed by atoms with van der Waals surface area (Å²) in [7, 11) is 12.4. The van der Waals surface area contributed by atoms with E-state index in [1.165, 1.54) is 0 Å². The third-order valence-electron chi connectivity index (χ3n) is 5.64. The van der Waals surface area contributed by atoms with Crippen LogP contribution in [0.1, 0.15) is 34.6 Å². The molecule has 0 saturated carbocycles. The van der Waals surface area contributed by atoms with Gasteiger partial charge >= 0.3 is 46.5 Å². The molecule has 4 aliphatic heterocycles. The predicted molar refractivity (Wildman–Crippen MR) is 226 cm³/mol. The van der Waals surface area contributed by atoms with Crippen molar-refractivity contribution < 1.29 is 41.9 Å². The Bertz CT molecular complexity index is 1370. The largest absolute Gasteiger partial charge is 5.00 e. The van der Waals surface area contributed by atoms with Crippen molar-refractivity contribution in [2.75, 3.05) is 47.8 Å². The Labute approximate surface area is 355 Å². The van der Waals surface area contributed by atoms with E-state index >= 15 is 0 Å². The summed E-state index contributed by atoms with van der Waals surface area (Å²) in [6, 6.07) is 9.26. The Balaban J connectivity index is -0.000000694. The topological polar surface area (TPSA) is 183 Å². The van der Waals surface area contributed by atoms with Crippen molar-refractivity contribution in [3.8, 4) is 5.75 Å². The summed E-state index contributed by atoms with van der Waals surface area (Å²) < 4.78 is 0. The number of hydrogen-bond acceptors (Lipinski definition) is 11. The second-order valence-corrected chi connectivity index (χ2v) is 10.1. The monoisotopic (exact) mass is 947 g/mol. The fourth-order valence-corrected chi connectivity index (χ4v) is 3.80. The Morgan fingerprint density at radius 2 is 0.727 bits per heavy atom. The molecule has 0 saturated heterocycles. The fraction of sp³-hybridized carbons (Fsp3) is 0.250. The number of anilines is 4. The van der Waals surface area contributed by atoms with Crippen LogP contribution in [-0.4, -0.2) is 93.9 Å². The van der Waals surface area contributed by atoms with Gasteiger partial charge in [-0.25, -0.2) is 41.0 Å². The molecule has 6 heterocycles. The summed E-state index contributed by atoms with van der Waals surface area (Å²) in [5.41, 5.74) is 0. The van der Waals surface area contributed by atoms with Crippen molar-refractivity contribution in [3.63, 3.8) is 0 Å². The zero-order valence-electron chi connectivity index (χ0n) is 32.4. The molecule has 19 heteroatoms. The normalized spacial score (nSPS) is 13.5. The summed E-state index contributed by atoms with van der Waals surface area (Å²) in [5.74, 6) is 3.35. The maximum absolute atomic E-state index is 9.85. The third kappa shape index (κ3) is 23.0. The maximum atomic E-state index is 9.85. The number of aromatic nitrogens is 2. The van der Waals surface area contributed by atoms with Crippen molar-refractivity contribution in [2.24, 2.45) is 0 Å². The van der Waals surface area contributed by atoms with E-state index in [9.17, 15) is 5.11 Å². The van der Waals surface area contributed by atoms with Gasteiger partial charge in [0.05, 0.1) is 0 Å². The van der Waals surface area contributed by atoms with Crippen LogP contribution >= 0.6 is 9.69 Å². The van der Waals surface area contributed by atoms with Gasteiger partial charge in [0.1, 0.15) is 29.0 Å². The first-order valence-electron chi connectivity index (χ1n) is 16.0. The van der Waals surface area contributed by atoms with E-state index in [1.807, 2.05) is 179 Å². The van der Waals surface area contributed by atoms with Crippen LogP contribution in [0.5, 0.6) is 5.75 Å². The second-order valence-electron chi connectivity index (χ2n) is 10.1. The van der Waals surface area contributed by atoms with Crippen molar-refractivity contribution in [3.05, 3.63) is 134 Å². The molecule has 0 aromatic carbocycles. The smallest absolute Gasteiger partial charge is 5.00 e. The van der Waals surface area contributed by atoms with Crippen LogP contribution in [-0.2, 0) is 36.8 Å². The van der Waals surface area contributed by atoms with E-state index in [4.69, 9.17) is 27.0 Å². The fourth-order valence-electron chi connectivity index (χ4n) is 3.80. The van der Waals surface area contributed by atoms with Gasteiger partial charge in [0.25, 0.3) is 0 Å². The number of hydrogen-bond donors (Lipinski definition) is 1. The van der Waals surface area contributed by atoms with Crippen LogP contribution in [0.4, 0.5) is 23.3 Å². The number of nitrogens with zero attached hydrogens (tertiary/aromatic N) is 15. The van der Waals surface area contributed by atoms with Crippen molar-refractivity contribution in [1.29, 1.82) is 0 Å². The number of pyridine rings is 2. The average Bonchev–Trinajstić information content (AvgIpc) is 3.97. The van der Waals surface area contributed by atoms with E-state index < -0.39 is 0 Å². The van der Waals surface area contributed by atoms with Gasteiger partial charge in [-0.1, -0.05) is 40.7 Å². The summed E-state index contributed by atoms with van der Waals surface area (Å²) >= 11 is 1.82. The standard InChI is InChI=1S/C13H15N5O.C13H15N5.5C2H4N.ClH.2Ru/c1-15-3-5-17(9-15)12-7-11(19)8-13(14-12)18-6-4-16(2)10-18;1-15-6-8-17(10-15)12-4-3-5-13(14-12)18-9-7-16(2)11-18;5*1-2-3;;;/h3-10H,1-2H3,(H,14,19);3-11H,1-2H3;5*2H,1H3;1H;;/q2*-2;5*-1;;+1;+5/p-1. The third-order valence-corrected chi connectivity index (χ3v) is 5.64. The van der Waals surface area contributed by atoms with Gasteiger partial charge in [0.2, 0.25) is 0 Å². The van der Waals surface area contributed by atoms with Crippen LogP contribution in [0.15, 0.2) is 79.9 Å². The Hall–Kier alpha value is -4.65. The molecule has 302 valence electrons. The molecule has 1 N–H and O–H groups in total. The van der Waals surface area contributed by atoms with Crippen LogP contribution in [0.3, 0.4) is 0 Å². The van der Waals surface area contributed by atoms with Crippen LogP contribution in [0.25, 0.3) is 27.0 Å². The Morgan fingerprint density at radius 1 is 0.509 bits per heavy atom. The molecule has 2 aromatic rings. The van der Waals surface area contributed by atoms with E-state index in [0.717, 1.165) is 42.7 Å². The second kappa shape index (κ2) is 33.9. The van der Waals surface area contributed by atoms with Gasteiger partial charge in [-0.05, 0) is 89.9 Å². The summed E-state index contributed by atoms with van der Waals surface area (Å²) in [5, 5.41) is 47.1. The Kier molecular flexibility index (Phi) is 33.7. The molecule has 1 radical (unpaired) electrons. The van der Waals surface area contributed by atoms with Crippen LogP contribution in [0, 0.1) is 26.7 Å². The summed E-state index contributed by atoms with van der Waals surface area (Å²) in [6.07, 6.45) is 20.6. The Morgan fingerprint density at radius 3 is 0.945 bits per heavy atom. The zero-order valence-corrected chi connectivity index (χ0v) is 36.7. The number of halogens is 1. The van der Waals surface area contributed by atoms with Crippen molar-refractivity contribution >= 4 is 64.0 Å². The van der Waals surface area contributed by atoms with Crippen LogP contribution < -0.4 is 19.6 Å². The van der Waals surface area contributed by atoms with E-state index in [0.29, 0.717) is 11.6 Å². The van der Waals surface area contributed by atoms with Gasteiger partial charge in [0.15, 0.2) is 0 Å². The molecule has 0 fully saturated rings. The van der Waals surface area contributed by atoms with Gasteiger partial charge in [-0.2, -0.15) is 0 Å². The van der Waals surface area contributed by atoms with E-state index in [-0.39, 0.29) is 25.2 Å². The molecular formula is C36H50ClN15ORu2-4. The average molecular weight is 946 g/mol. The SMILES string of the molecule is CC=[N-].CC=[N-].CC=[N-].CC=[N-].CC=[N-].CN1C=CN(c2cc(O)cc(N3C=CN(C)[CH-]3)n2)[CH-]1.CN1C=CN(c2cccc(N3C=CN(C)[CH-]3)n2)[CH-]1.[Cl][Ru].[Ru+5]. The number of rotatable bonds is 4. The number of aromatic hydroxyl groups is 1. The summed E-state index contributed by atoms with van der Waals surface area (Å²) in [6.45, 7) is 15.5. The molecule has 2 aromatic heterocycles. The molecule has 55 heavy (non-hydrogen) atoms. The van der Waals surface area contributed by atoms with E-state index in [1.54, 1.807) is 46.8 Å². The first-order valence-corrected chi connectivity index (χ1v) is 18.2. The molecule has 0 spiro atoms. The first kappa shape index (κ1) is 54.7. The quantitative estimate of drug-likeness (QED) is 0.187. The maximum Gasteiger partial charge on any atom is 5.00 e. The molecule has 6 rings (SSSR count). The van der Waals surface area contributed by atoms with E-state index in [2.05, 4.69) is 19.7 Å². The molecule has 0 bridgehead atoms. The first-order chi connectivity index (χ1) is 25.9. The predicted octanol–water partition coefficient (Wildman–Crippen LogP) is 7.15. The van der Waals surface area contributed by atoms with Gasteiger partial charge < -0.3 is 71.4 Å². The minimum absolute atomic E-state index is 0. The van der Waals surface area contributed by atoms with Gasteiger partial charge in [0, 0.05) is 12.1 Å². The zero-order chi connectivity index (χ0) is 41.5. The van der Waals surface area contributed by atoms with Crippen LogP contribution in [0.2, 0.25) is 0 Å². The molecule has 16 nitrogen and oxygen atoms in total. The minimum atomic E-state index is 0. The molecule has 4 aliphatic rings. The molecular weight excluding hydrogens is 896 g/mol. The molecule has 0 amide bonds. The minimum Gasteiger partial charge on any atom is 5.00 e. The van der Waals surface area contributed by atoms with Gasteiger partial charge in [-0.3, -0.25) is 0 Å². The summed E-state index contributed by atoms with van der Waals surface area (Å²) in [4.78, 5) is 24.7. The molecule has 0 atom stereocenters. The van der Waals surface area contributed by atoms with Crippen molar-refractivity contribution in [2.45, 2.75) is 34.6 Å². The van der Waals surface area contributed by atoms with Gasteiger partial charge in [-0.15, -0.1) is 26.7 Å². The van der Waals surface area contributed by atoms with Crippen molar-refractivity contribution in [1.82, 2.24) is 29.6 Å². The molecule has 0 aliphatic carbocycles. The molecule has 0 unspecified atom stereocenters.